The Morgan fingerprint density at radius 3 is 1.30 bits per heavy atom. The van der Waals surface area contributed by atoms with E-state index >= 15 is 0 Å². The summed E-state index contributed by atoms with van der Waals surface area (Å²) in [7, 11) is 0. The Hall–Kier alpha value is -1.96. The van der Waals surface area contributed by atoms with E-state index in [1.807, 2.05) is 12.1 Å². The van der Waals surface area contributed by atoms with Gasteiger partial charge in [0.25, 0.3) is 0 Å². The van der Waals surface area contributed by atoms with Gasteiger partial charge in [-0.3, -0.25) is 0 Å². The molecule has 0 bridgehead atoms. The third-order valence-electron chi connectivity index (χ3n) is 3.75. The van der Waals surface area contributed by atoms with Crippen molar-refractivity contribution >= 4 is 11.4 Å². The van der Waals surface area contributed by atoms with Crippen LogP contribution in [0, 0.1) is 0 Å². The van der Waals surface area contributed by atoms with E-state index < -0.39 is 0 Å². The Morgan fingerprint density at radius 1 is 0.650 bits per heavy atom. The highest BCUT2D eigenvalue weighted by Crippen LogP contribution is 2.32. The number of hydrogen-bond donors (Lipinski definition) is 2. The van der Waals surface area contributed by atoms with Gasteiger partial charge in [-0.25, -0.2) is 0 Å². The lowest BCUT2D eigenvalue weighted by Gasteiger charge is -2.14. The Kier molecular flexibility index (Phi) is 4.03. The highest BCUT2D eigenvalue weighted by Gasteiger charge is 2.09. The van der Waals surface area contributed by atoms with Gasteiger partial charge in [-0.05, 0) is 58.4 Å². The van der Waals surface area contributed by atoms with Crippen molar-refractivity contribution in [1.82, 2.24) is 0 Å². The molecule has 2 aromatic carbocycles. The van der Waals surface area contributed by atoms with Crippen LogP contribution in [0.5, 0.6) is 0 Å². The number of nitrogens with two attached hydrogens (primary N) is 2. The van der Waals surface area contributed by atoms with Crippen LogP contribution in [0.1, 0.15) is 50.7 Å². The van der Waals surface area contributed by atoms with Crippen molar-refractivity contribution in [1.29, 1.82) is 0 Å². The van der Waals surface area contributed by atoms with Gasteiger partial charge in [0, 0.05) is 11.4 Å². The fourth-order valence-electron chi connectivity index (χ4n) is 2.51. The Balaban J connectivity index is 2.52. The molecular weight excluding hydrogens is 244 g/mol. The summed E-state index contributed by atoms with van der Waals surface area (Å²) >= 11 is 0. The summed E-state index contributed by atoms with van der Waals surface area (Å²) in [6, 6.07) is 12.5. The molecule has 2 rings (SSSR count). The first-order chi connectivity index (χ1) is 9.40. The molecule has 0 heterocycles. The summed E-state index contributed by atoms with van der Waals surface area (Å²) in [5, 5.41) is 0. The fraction of sp³-hybridized carbons (Fsp3) is 0.333. The molecule has 2 aromatic rings. The van der Waals surface area contributed by atoms with Crippen LogP contribution in [-0.2, 0) is 0 Å². The van der Waals surface area contributed by atoms with Crippen molar-refractivity contribution in [2.24, 2.45) is 0 Å². The number of hydrogen-bond acceptors (Lipinski definition) is 2. The second-order valence-electron chi connectivity index (χ2n) is 6.00. The Bertz CT molecular complexity index is 557. The van der Waals surface area contributed by atoms with Gasteiger partial charge in [-0.15, -0.1) is 0 Å². The molecule has 0 aliphatic carbocycles. The minimum Gasteiger partial charge on any atom is -0.398 e. The van der Waals surface area contributed by atoms with Crippen molar-refractivity contribution in [2.75, 3.05) is 11.5 Å². The van der Waals surface area contributed by atoms with Crippen LogP contribution in [-0.4, -0.2) is 0 Å². The molecule has 2 nitrogen and oxygen atoms in total. The molecule has 0 aliphatic heterocycles. The number of benzene rings is 2. The minimum absolute atomic E-state index is 0.424. The number of rotatable bonds is 3. The van der Waals surface area contributed by atoms with Gasteiger partial charge in [0.15, 0.2) is 0 Å². The summed E-state index contributed by atoms with van der Waals surface area (Å²) in [5.41, 5.74) is 18.6. The third-order valence-corrected chi connectivity index (χ3v) is 3.75. The van der Waals surface area contributed by atoms with Crippen LogP contribution in [0.15, 0.2) is 36.4 Å². The first kappa shape index (κ1) is 14.4. The van der Waals surface area contributed by atoms with E-state index in [0.717, 1.165) is 11.4 Å². The Morgan fingerprint density at radius 2 is 1.00 bits per heavy atom. The van der Waals surface area contributed by atoms with Crippen LogP contribution in [0.3, 0.4) is 0 Å². The minimum atomic E-state index is 0.424. The molecule has 0 saturated heterocycles. The van der Waals surface area contributed by atoms with Crippen LogP contribution < -0.4 is 11.5 Å². The maximum Gasteiger partial charge on any atom is 0.0349 e. The first-order valence-electron chi connectivity index (χ1n) is 7.19. The SMILES string of the molecule is CC(C)c1cc(-c2ccc(N)c(C(C)C)c2)ccc1N. The molecule has 0 fully saturated rings. The summed E-state index contributed by atoms with van der Waals surface area (Å²) in [6.07, 6.45) is 0. The van der Waals surface area contributed by atoms with E-state index in [1.54, 1.807) is 0 Å². The Labute approximate surface area is 121 Å². The average Bonchev–Trinajstić information content (AvgIpc) is 2.39. The molecule has 2 heteroatoms. The lowest BCUT2D eigenvalue weighted by Crippen LogP contribution is -1.98. The molecule has 0 amide bonds. The molecule has 0 aromatic heterocycles. The topological polar surface area (TPSA) is 52.0 Å². The maximum absolute atomic E-state index is 6.05. The van der Waals surface area contributed by atoms with Gasteiger partial charge in [0.05, 0.1) is 0 Å². The van der Waals surface area contributed by atoms with Crippen molar-refractivity contribution in [3.05, 3.63) is 47.5 Å². The van der Waals surface area contributed by atoms with E-state index in [9.17, 15) is 0 Å². The normalized spacial score (nSPS) is 11.3. The van der Waals surface area contributed by atoms with Crippen LogP contribution in [0.4, 0.5) is 11.4 Å². The molecule has 0 atom stereocenters. The molecule has 0 unspecified atom stereocenters. The second-order valence-corrected chi connectivity index (χ2v) is 6.00. The number of nitrogen functional groups attached to an aromatic ring is 2. The van der Waals surface area contributed by atoms with Gasteiger partial charge >= 0.3 is 0 Å². The lowest BCUT2D eigenvalue weighted by molar-refractivity contribution is 0.868. The van der Waals surface area contributed by atoms with E-state index in [2.05, 4.69) is 52.0 Å². The number of anilines is 2. The van der Waals surface area contributed by atoms with Gasteiger partial charge < -0.3 is 11.5 Å². The largest absolute Gasteiger partial charge is 0.398 e. The zero-order valence-corrected chi connectivity index (χ0v) is 12.8. The first-order valence-corrected chi connectivity index (χ1v) is 7.19. The standard InChI is InChI=1S/C18H24N2/c1-11(2)15-9-13(5-7-17(15)19)14-6-8-18(20)16(10-14)12(3)4/h5-12H,19-20H2,1-4H3. The van der Waals surface area contributed by atoms with Crippen molar-refractivity contribution in [3.63, 3.8) is 0 Å². The summed E-state index contributed by atoms with van der Waals surface area (Å²) in [5.74, 6) is 0.849. The average molecular weight is 268 g/mol. The van der Waals surface area contributed by atoms with E-state index in [1.165, 1.54) is 22.3 Å². The van der Waals surface area contributed by atoms with Gasteiger partial charge in [0.2, 0.25) is 0 Å². The highest BCUT2D eigenvalue weighted by molar-refractivity contribution is 5.71. The molecule has 106 valence electrons. The van der Waals surface area contributed by atoms with Crippen LogP contribution >= 0.6 is 0 Å². The lowest BCUT2D eigenvalue weighted by atomic mass is 9.92. The molecule has 0 aliphatic rings. The predicted octanol–water partition coefficient (Wildman–Crippen LogP) is 4.76. The maximum atomic E-state index is 6.05. The summed E-state index contributed by atoms with van der Waals surface area (Å²) in [4.78, 5) is 0. The summed E-state index contributed by atoms with van der Waals surface area (Å²) in [6.45, 7) is 8.66. The zero-order chi connectivity index (χ0) is 14.9. The second kappa shape index (κ2) is 5.58. The highest BCUT2D eigenvalue weighted by atomic mass is 14.6. The van der Waals surface area contributed by atoms with Gasteiger partial charge in [-0.2, -0.15) is 0 Å². The van der Waals surface area contributed by atoms with Crippen molar-refractivity contribution in [2.45, 2.75) is 39.5 Å². The van der Waals surface area contributed by atoms with E-state index in [4.69, 9.17) is 11.5 Å². The van der Waals surface area contributed by atoms with Crippen LogP contribution in [0.2, 0.25) is 0 Å². The monoisotopic (exact) mass is 268 g/mol. The van der Waals surface area contributed by atoms with Gasteiger partial charge in [0.1, 0.15) is 0 Å². The molecule has 20 heavy (non-hydrogen) atoms. The quantitative estimate of drug-likeness (QED) is 0.788. The molecule has 0 radical (unpaired) electrons. The van der Waals surface area contributed by atoms with Crippen LogP contribution in [0.25, 0.3) is 11.1 Å². The predicted molar refractivity (Wildman–Crippen MR) is 88.9 cm³/mol. The zero-order valence-electron chi connectivity index (χ0n) is 12.8. The molecule has 4 N–H and O–H groups in total. The fourth-order valence-corrected chi connectivity index (χ4v) is 2.51. The van der Waals surface area contributed by atoms with E-state index in [0.29, 0.717) is 11.8 Å². The molecular formula is C18H24N2. The summed E-state index contributed by atoms with van der Waals surface area (Å²) < 4.78 is 0. The van der Waals surface area contributed by atoms with Crippen molar-refractivity contribution < 1.29 is 0 Å². The van der Waals surface area contributed by atoms with Gasteiger partial charge in [-0.1, -0.05) is 39.8 Å². The molecule has 0 saturated carbocycles. The third kappa shape index (κ3) is 2.79. The smallest absolute Gasteiger partial charge is 0.0349 e. The molecule has 0 spiro atoms. The van der Waals surface area contributed by atoms with Crippen molar-refractivity contribution in [3.8, 4) is 11.1 Å². The van der Waals surface area contributed by atoms with E-state index in [-0.39, 0.29) is 0 Å².